The summed E-state index contributed by atoms with van der Waals surface area (Å²) in [5.74, 6) is 0. The minimum Gasteiger partial charge on any atom is -0.389 e. The maximum absolute atomic E-state index is 11.8. The molecule has 4 nitrogen and oxygen atoms in total. The van der Waals surface area contributed by atoms with Crippen molar-refractivity contribution >= 4 is 17.2 Å². The molecular weight excluding hydrogens is 258 g/mol. The number of rotatable bonds is 3. The molecule has 2 aromatic rings. The molecule has 2 N–H and O–H groups in total. The average Bonchev–Trinajstić information content (AvgIpc) is 2.34. The van der Waals surface area contributed by atoms with Crippen LogP contribution in [0.15, 0.2) is 35.3 Å². The number of thiocarbonyl (C=S) groups is 1. The third kappa shape index (κ3) is 3.06. The summed E-state index contributed by atoms with van der Waals surface area (Å²) in [6.45, 7) is 4.26. The summed E-state index contributed by atoms with van der Waals surface area (Å²) in [4.78, 5) is 12.2. The van der Waals surface area contributed by atoms with Crippen LogP contribution in [0.2, 0.25) is 0 Å². The van der Waals surface area contributed by atoms with E-state index >= 15 is 0 Å². The van der Waals surface area contributed by atoms with Crippen molar-refractivity contribution in [1.82, 2.24) is 9.78 Å². The number of aromatic nitrogens is 2. The molecule has 0 spiro atoms. The van der Waals surface area contributed by atoms with E-state index in [1.165, 1.54) is 4.68 Å². The molecule has 0 bridgehead atoms. The molecule has 0 atom stereocenters. The lowest BCUT2D eigenvalue weighted by Crippen LogP contribution is -2.23. The van der Waals surface area contributed by atoms with Gasteiger partial charge in [-0.25, -0.2) is 4.68 Å². The predicted octanol–water partition coefficient (Wildman–Crippen LogP) is 1.54. The number of hydrogen-bond acceptors (Lipinski definition) is 3. The molecule has 0 radical (unpaired) electrons. The summed E-state index contributed by atoms with van der Waals surface area (Å²) in [7, 11) is 0. The van der Waals surface area contributed by atoms with Gasteiger partial charge in [0, 0.05) is 11.6 Å². The first-order valence-corrected chi connectivity index (χ1v) is 6.31. The van der Waals surface area contributed by atoms with Gasteiger partial charge in [-0.2, -0.15) is 5.10 Å². The van der Waals surface area contributed by atoms with Crippen molar-refractivity contribution in [3.05, 3.63) is 63.1 Å². The SMILES string of the molecule is Cc1cnn(Cc2ccc(C(N)=S)cc2C)c(=O)c1. The summed E-state index contributed by atoms with van der Waals surface area (Å²) in [6, 6.07) is 7.30. The van der Waals surface area contributed by atoms with Gasteiger partial charge >= 0.3 is 0 Å². The Morgan fingerprint density at radius 3 is 2.68 bits per heavy atom. The van der Waals surface area contributed by atoms with E-state index in [4.69, 9.17) is 18.0 Å². The van der Waals surface area contributed by atoms with Crippen molar-refractivity contribution in [3.63, 3.8) is 0 Å². The fraction of sp³-hybridized carbons (Fsp3) is 0.214. The highest BCUT2D eigenvalue weighted by molar-refractivity contribution is 7.80. The molecule has 0 fully saturated rings. The van der Waals surface area contributed by atoms with Gasteiger partial charge < -0.3 is 5.73 Å². The van der Waals surface area contributed by atoms with Crippen LogP contribution < -0.4 is 11.3 Å². The molecule has 5 heteroatoms. The van der Waals surface area contributed by atoms with E-state index in [0.29, 0.717) is 11.5 Å². The Bertz CT molecular complexity index is 691. The Hall–Kier alpha value is -2.01. The van der Waals surface area contributed by atoms with E-state index in [0.717, 1.165) is 22.3 Å². The van der Waals surface area contributed by atoms with Crippen molar-refractivity contribution in [2.45, 2.75) is 20.4 Å². The molecule has 2 rings (SSSR count). The van der Waals surface area contributed by atoms with Crippen LogP contribution in [0.25, 0.3) is 0 Å². The van der Waals surface area contributed by atoms with E-state index in [1.807, 2.05) is 32.0 Å². The first-order chi connectivity index (χ1) is 8.97. The van der Waals surface area contributed by atoms with Crippen LogP contribution in [0, 0.1) is 13.8 Å². The fourth-order valence-corrected chi connectivity index (χ4v) is 1.96. The maximum Gasteiger partial charge on any atom is 0.267 e. The largest absolute Gasteiger partial charge is 0.389 e. The molecule has 1 heterocycles. The fourth-order valence-electron chi connectivity index (χ4n) is 1.83. The van der Waals surface area contributed by atoms with Crippen molar-refractivity contribution < 1.29 is 0 Å². The average molecular weight is 273 g/mol. The molecule has 19 heavy (non-hydrogen) atoms. The topological polar surface area (TPSA) is 60.9 Å². The third-order valence-corrected chi connectivity index (χ3v) is 3.19. The predicted molar refractivity (Wildman–Crippen MR) is 79.4 cm³/mol. The van der Waals surface area contributed by atoms with E-state index in [-0.39, 0.29) is 5.56 Å². The first-order valence-electron chi connectivity index (χ1n) is 5.90. The highest BCUT2D eigenvalue weighted by Gasteiger charge is 2.05. The van der Waals surface area contributed by atoms with Gasteiger partial charge in [-0.3, -0.25) is 4.79 Å². The first kappa shape index (κ1) is 13.4. The molecule has 0 saturated heterocycles. The Labute approximate surface area is 116 Å². The van der Waals surface area contributed by atoms with Gasteiger partial charge in [0.25, 0.3) is 5.56 Å². The lowest BCUT2D eigenvalue weighted by molar-refractivity contribution is 0.634. The number of benzene rings is 1. The lowest BCUT2D eigenvalue weighted by Gasteiger charge is -2.09. The Balaban J connectivity index is 2.33. The minimum atomic E-state index is -0.0992. The summed E-state index contributed by atoms with van der Waals surface area (Å²) >= 11 is 4.94. The van der Waals surface area contributed by atoms with Crippen LogP contribution in [0.4, 0.5) is 0 Å². The highest BCUT2D eigenvalue weighted by atomic mass is 32.1. The molecule has 0 aliphatic rings. The van der Waals surface area contributed by atoms with Gasteiger partial charge in [0.1, 0.15) is 4.99 Å². The lowest BCUT2D eigenvalue weighted by atomic mass is 10.1. The van der Waals surface area contributed by atoms with Crippen LogP contribution in [-0.2, 0) is 6.54 Å². The molecule has 0 unspecified atom stereocenters. The third-order valence-electron chi connectivity index (χ3n) is 2.95. The molecule has 0 aliphatic carbocycles. The molecule has 1 aromatic carbocycles. The second kappa shape index (κ2) is 5.32. The molecule has 0 saturated carbocycles. The Morgan fingerprint density at radius 2 is 2.11 bits per heavy atom. The van der Waals surface area contributed by atoms with Crippen molar-refractivity contribution in [2.75, 3.05) is 0 Å². The molecule has 0 amide bonds. The van der Waals surface area contributed by atoms with Crippen molar-refractivity contribution in [2.24, 2.45) is 5.73 Å². The number of nitrogens with zero attached hydrogens (tertiary/aromatic N) is 2. The van der Waals surface area contributed by atoms with Gasteiger partial charge in [0.05, 0.1) is 12.7 Å². The molecule has 0 aliphatic heterocycles. The van der Waals surface area contributed by atoms with Crippen LogP contribution in [0.5, 0.6) is 0 Å². The summed E-state index contributed by atoms with van der Waals surface area (Å²) in [5.41, 5.74) is 9.25. The standard InChI is InChI=1S/C14H15N3OS/c1-9-5-13(18)17(16-7-9)8-12-4-3-11(14(15)19)6-10(12)2/h3-7H,8H2,1-2H3,(H2,15,19). The summed E-state index contributed by atoms with van der Waals surface area (Å²) in [6.07, 6.45) is 1.68. The maximum atomic E-state index is 11.8. The van der Waals surface area contributed by atoms with Crippen LogP contribution in [0.1, 0.15) is 22.3 Å². The second-order valence-electron chi connectivity index (χ2n) is 4.53. The Kier molecular flexibility index (Phi) is 3.76. The molecular formula is C14H15N3OS. The van der Waals surface area contributed by atoms with Gasteiger partial charge in [-0.05, 0) is 36.6 Å². The quantitative estimate of drug-likeness (QED) is 0.862. The number of nitrogens with two attached hydrogens (primary N) is 1. The highest BCUT2D eigenvalue weighted by Crippen LogP contribution is 2.12. The smallest absolute Gasteiger partial charge is 0.267 e. The van der Waals surface area contributed by atoms with E-state index in [1.54, 1.807) is 12.3 Å². The van der Waals surface area contributed by atoms with Crippen molar-refractivity contribution in [3.8, 4) is 0 Å². The van der Waals surface area contributed by atoms with Gasteiger partial charge in [0.15, 0.2) is 0 Å². The van der Waals surface area contributed by atoms with Crippen LogP contribution >= 0.6 is 12.2 Å². The monoisotopic (exact) mass is 273 g/mol. The summed E-state index contributed by atoms with van der Waals surface area (Å²) < 4.78 is 1.44. The van der Waals surface area contributed by atoms with Gasteiger partial charge in [-0.1, -0.05) is 24.4 Å². The number of hydrogen-bond donors (Lipinski definition) is 1. The van der Waals surface area contributed by atoms with Crippen LogP contribution in [-0.4, -0.2) is 14.8 Å². The van der Waals surface area contributed by atoms with Gasteiger partial charge in [-0.15, -0.1) is 0 Å². The minimum absolute atomic E-state index is 0.0992. The van der Waals surface area contributed by atoms with E-state index in [9.17, 15) is 4.79 Å². The zero-order chi connectivity index (χ0) is 14.0. The second-order valence-corrected chi connectivity index (χ2v) is 4.97. The van der Waals surface area contributed by atoms with E-state index < -0.39 is 0 Å². The van der Waals surface area contributed by atoms with Crippen molar-refractivity contribution in [1.29, 1.82) is 0 Å². The Morgan fingerprint density at radius 1 is 1.37 bits per heavy atom. The van der Waals surface area contributed by atoms with Crippen LogP contribution in [0.3, 0.4) is 0 Å². The van der Waals surface area contributed by atoms with Gasteiger partial charge in [0.2, 0.25) is 0 Å². The summed E-state index contributed by atoms with van der Waals surface area (Å²) in [5, 5.41) is 4.13. The molecule has 98 valence electrons. The molecule has 1 aromatic heterocycles. The number of aryl methyl sites for hydroxylation is 2. The normalized spacial score (nSPS) is 10.4. The van der Waals surface area contributed by atoms with E-state index in [2.05, 4.69) is 5.10 Å². The zero-order valence-electron chi connectivity index (χ0n) is 10.9. The zero-order valence-corrected chi connectivity index (χ0v) is 11.7.